The van der Waals surface area contributed by atoms with E-state index in [4.69, 9.17) is 14.2 Å². The first-order valence-electron chi connectivity index (χ1n) is 9.01. The molecule has 0 fully saturated rings. The van der Waals surface area contributed by atoms with E-state index in [9.17, 15) is 0 Å². The van der Waals surface area contributed by atoms with E-state index < -0.39 is 0 Å². The molecule has 5 heteroatoms. The van der Waals surface area contributed by atoms with Gasteiger partial charge in [0.05, 0.1) is 18.7 Å². The predicted molar refractivity (Wildman–Crippen MR) is 117 cm³/mol. The summed E-state index contributed by atoms with van der Waals surface area (Å²) in [5.41, 5.74) is 4.46. The normalized spacial score (nSPS) is 10.4. The number of rotatable bonds is 8. The molecule has 0 unspecified atom stereocenters. The summed E-state index contributed by atoms with van der Waals surface area (Å²) in [6, 6.07) is 20.2. The average Bonchev–Trinajstić information content (AvgIpc) is 2.72. The molecule has 0 saturated heterocycles. The zero-order chi connectivity index (χ0) is 19.9. The fraction of sp³-hybridized carbons (Fsp3) is 0.217. The molecule has 0 heterocycles. The van der Waals surface area contributed by atoms with Crippen LogP contribution in [0.3, 0.4) is 0 Å². The first kappa shape index (κ1) is 20.1. The van der Waals surface area contributed by atoms with E-state index in [0.717, 1.165) is 27.0 Å². The second-order valence-electron chi connectivity index (χ2n) is 6.47. The Labute approximate surface area is 174 Å². The summed E-state index contributed by atoms with van der Waals surface area (Å²) >= 11 is 3.62. The van der Waals surface area contributed by atoms with E-state index >= 15 is 0 Å². The van der Waals surface area contributed by atoms with Crippen LogP contribution in [0.1, 0.15) is 16.7 Å². The molecular formula is C23H24BrNO3. The number of anilines is 1. The summed E-state index contributed by atoms with van der Waals surface area (Å²) in [6.07, 6.45) is 0. The highest BCUT2D eigenvalue weighted by Gasteiger charge is 2.12. The van der Waals surface area contributed by atoms with Crippen molar-refractivity contribution in [2.24, 2.45) is 0 Å². The van der Waals surface area contributed by atoms with Gasteiger partial charge < -0.3 is 19.5 Å². The van der Waals surface area contributed by atoms with Gasteiger partial charge in [0.2, 0.25) is 0 Å². The molecule has 3 rings (SSSR count). The Kier molecular flexibility index (Phi) is 6.82. The van der Waals surface area contributed by atoms with Gasteiger partial charge in [0, 0.05) is 12.2 Å². The molecule has 28 heavy (non-hydrogen) atoms. The van der Waals surface area contributed by atoms with Crippen molar-refractivity contribution < 1.29 is 14.2 Å². The smallest absolute Gasteiger partial charge is 0.175 e. The van der Waals surface area contributed by atoms with E-state index in [1.54, 1.807) is 14.2 Å². The molecule has 0 atom stereocenters. The summed E-state index contributed by atoms with van der Waals surface area (Å²) in [6.45, 7) is 3.22. The Morgan fingerprint density at radius 3 is 2.21 bits per heavy atom. The number of benzene rings is 3. The Morgan fingerprint density at radius 1 is 0.857 bits per heavy atom. The quantitative estimate of drug-likeness (QED) is 0.467. The van der Waals surface area contributed by atoms with Crippen molar-refractivity contribution in [3.05, 3.63) is 81.8 Å². The standard InChI is InChI=1S/C23H24BrNO3/c1-16-4-6-17(7-5-16)15-28-23-21(24)12-18(13-22(23)27-3)14-25-19-8-10-20(26-2)11-9-19/h4-13,25H,14-15H2,1-3H3. The van der Waals surface area contributed by atoms with Crippen LogP contribution >= 0.6 is 15.9 Å². The SMILES string of the molecule is COc1ccc(NCc2cc(Br)c(OCc3ccc(C)cc3)c(OC)c2)cc1. The van der Waals surface area contributed by atoms with Gasteiger partial charge >= 0.3 is 0 Å². The van der Waals surface area contributed by atoms with Crippen LogP contribution in [0.15, 0.2) is 65.1 Å². The maximum absolute atomic E-state index is 6.02. The first-order valence-corrected chi connectivity index (χ1v) is 9.81. The van der Waals surface area contributed by atoms with Crippen LogP contribution in [-0.4, -0.2) is 14.2 Å². The summed E-state index contributed by atoms with van der Waals surface area (Å²) in [7, 11) is 3.32. The molecule has 0 aliphatic rings. The molecule has 0 aromatic heterocycles. The number of hydrogen-bond donors (Lipinski definition) is 1. The molecule has 0 aliphatic heterocycles. The summed E-state index contributed by atoms with van der Waals surface area (Å²) < 4.78 is 17.6. The van der Waals surface area contributed by atoms with Crippen molar-refractivity contribution in [2.75, 3.05) is 19.5 Å². The largest absolute Gasteiger partial charge is 0.497 e. The van der Waals surface area contributed by atoms with E-state index in [-0.39, 0.29) is 0 Å². The van der Waals surface area contributed by atoms with Crippen molar-refractivity contribution in [3.8, 4) is 17.2 Å². The number of aryl methyl sites for hydroxylation is 1. The minimum absolute atomic E-state index is 0.485. The minimum atomic E-state index is 0.485. The van der Waals surface area contributed by atoms with Gasteiger partial charge in [0.1, 0.15) is 12.4 Å². The van der Waals surface area contributed by atoms with Crippen LogP contribution < -0.4 is 19.5 Å². The second kappa shape index (κ2) is 9.51. The minimum Gasteiger partial charge on any atom is -0.497 e. The van der Waals surface area contributed by atoms with Crippen LogP contribution in [0.5, 0.6) is 17.2 Å². The number of nitrogens with one attached hydrogen (secondary N) is 1. The molecule has 3 aromatic rings. The lowest BCUT2D eigenvalue weighted by Gasteiger charge is -2.15. The lowest BCUT2D eigenvalue weighted by Crippen LogP contribution is -2.03. The molecule has 1 N–H and O–H groups in total. The maximum atomic E-state index is 6.02. The highest BCUT2D eigenvalue weighted by atomic mass is 79.9. The van der Waals surface area contributed by atoms with Crippen molar-refractivity contribution in [3.63, 3.8) is 0 Å². The van der Waals surface area contributed by atoms with Gasteiger partial charge in [-0.15, -0.1) is 0 Å². The lowest BCUT2D eigenvalue weighted by molar-refractivity contribution is 0.282. The van der Waals surface area contributed by atoms with Gasteiger partial charge in [0.15, 0.2) is 11.5 Å². The van der Waals surface area contributed by atoms with Crippen molar-refractivity contribution in [1.82, 2.24) is 0 Å². The Morgan fingerprint density at radius 2 is 1.57 bits per heavy atom. The topological polar surface area (TPSA) is 39.7 Å². The van der Waals surface area contributed by atoms with Gasteiger partial charge in [0.25, 0.3) is 0 Å². The molecule has 0 aliphatic carbocycles. The molecule has 0 saturated carbocycles. The summed E-state index contributed by atoms with van der Waals surface area (Å²) in [5, 5.41) is 3.40. The van der Waals surface area contributed by atoms with E-state index in [1.165, 1.54) is 5.56 Å². The molecule has 4 nitrogen and oxygen atoms in total. The third-order valence-electron chi connectivity index (χ3n) is 4.38. The van der Waals surface area contributed by atoms with Crippen molar-refractivity contribution in [1.29, 1.82) is 0 Å². The van der Waals surface area contributed by atoms with E-state index in [0.29, 0.717) is 24.7 Å². The molecule has 146 valence electrons. The van der Waals surface area contributed by atoms with Gasteiger partial charge in [-0.2, -0.15) is 0 Å². The van der Waals surface area contributed by atoms with E-state index in [2.05, 4.69) is 52.4 Å². The van der Waals surface area contributed by atoms with Crippen LogP contribution in [0.2, 0.25) is 0 Å². The molecule has 0 radical (unpaired) electrons. The Bertz CT molecular complexity index is 908. The zero-order valence-corrected chi connectivity index (χ0v) is 17.9. The highest BCUT2D eigenvalue weighted by molar-refractivity contribution is 9.10. The van der Waals surface area contributed by atoms with Crippen LogP contribution in [0.4, 0.5) is 5.69 Å². The summed E-state index contributed by atoms with van der Waals surface area (Å²) in [5.74, 6) is 2.24. The van der Waals surface area contributed by atoms with Crippen molar-refractivity contribution >= 4 is 21.6 Å². The zero-order valence-electron chi connectivity index (χ0n) is 16.3. The monoisotopic (exact) mass is 441 g/mol. The Balaban J connectivity index is 1.68. The van der Waals surface area contributed by atoms with Gasteiger partial charge in [-0.3, -0.25) is 0 Å². The number of ether oxygens (including phenoxy) is 3. The number of hydrogen-bond acceptors (Lipinski definition) is 4. The average molecular weight is 442 g/mol. The third-order valence-corrected chi connectivity index (χ3v) is 4.97. The highest BCUT2D eigenvalue weighted by Crippen LogP contribution is 2.37. The first-order chi connectivity index (χ1) is 13.6. The molecule has 3 aromatic carbocycles. The molecular weight excluding hydrogens is 418 g/mol. The van der Waals surface area contributed by atoms with Crippen LogP contribution in [0.25, 0.3) is 0 Å². The van der Waals surface area contributed by atoms with Gasteiger partial charge in [-0.05, 0) is 70.4 Å². The molecule has 0 amide bonds. The molecule has 0 spiro atoms. The lowest BCUT2D eigenvalue weighted by atomic mass is 10.1. The Hall–Kier alpha value is -2.66. The maximum Gasteiger partial charge on any atom is 0.175 e. The van der Waals surface area contributed by atoms with Crippen molar-refractivity contribution in [2.45, 2.75) is 20.1 Å². The van der Waals surface area contributed by atoms with Gasteiger partial charge in [-0.1, -0.05) is 29.8 Å². The second-order valence-corrected chi connectivity index (χ2v) is 7.32. The summed E-state index contributed by atoms with van der Waals surface area (Å²) in [4.78, 5) is 0. The van der Waals surface area contributed by atoms with E-state index in [1.807, 2.05) is 36.4 Å². The fourth-order valence-corrected chi connectivity index (χ4v) is 3.37. The third kappa shape index (κ3) is 5.20. The predicted octanol–water partition coefficient (Wildman–Crippen LogP) is 5.97. The fourth-order valence-electron chi connectivity index (χ4n) is 2.77. The number of methoxy groups -OCH3 is 2. The van der Waals surface area contributed by atoms with Crippen LogP contribution in [-0.2, 0) is 13.2 Å². The number of halogens is 1. The molecule has 0 bridgehead atoms. The van der Waals surface area contributed by atoms with Crippen LogP contribution in [0, 0.1) is 6.92 Å². The van der Waals surface area contributed by atoms with Gasteiger partial charge in [-0.25, -0.2) is 0 Å².